The van der Waals surface area contributed by atoms with Crippen LogP contribution in [0.15, 0.2) is 48.7 Å². The molecule has 2 unspecified atom stereocenters. The minimum absolute atomic E-state index is 0.111. The van der Waals surface area contributed by atoms with Crippen LogP contribution in [0, 0.1) is 12.8 Å². The molecule has 2 aliphatic rings. The van der Waals surface area contributed by atoms with Crippen LogP contribution >= 0.6 is 0 Å². The molecule has 6 heteroatoms. The van der Waals surface area contributed by atoms with Crippen molar-refractivity contribution in [2.75, 3.05) is 13.2 Å². The second-order valence-electron chi connectivity index (χ2n) is 7.46. The van der Waals surface area contributed by atoms with E-state index in [9.17, 15) is 9.59 Å². The van der Waals surface area contributed by atoms with E-state index in [-0.39, 0.29) is 36.5 Å². The van der Waals surface area contributed by atoms with Crippen molar-refractivity contribution in [2.24, 2.45) is 5.92 Å². The third-order valence-corrected chi connectivity index (χ3v) is 5.58. The Morgan fingerprint density at radius 3 is 2.50 bits per heavy atom. The molecule has 0 N–H and O–H groups in total. The third kappa shape index (κ3) is 3.78. The van der Waals surface area contributed by atoms with Crippen LogP contribution in [0.1, 0.15) is 34.5 Å². The first-order valence-corrected chi connectivity index (χ1v) is 9.66. The lowest BCUT2D eigenvalue weighted by molar-refractivity contribution is -0.0755. The number of morpholine rings is 1. The fourth-order valence-corrected chi connectivity index (χ4v) is 4.19. The molecule has 0 saturated carbocycles. The minimum atomic E-state index is -0.328. The molecule has 2 saturated heterocycles. The summed E-state index contributed by atoms with van der Waals surface area (Å²) >= 11 is 0. The zero-order valence-electron chi connectivity index (χ0n) is 15.9. The van der Waals surface area contributed by atoms with E-state index >= 15 is 0 Å². The van der Waals surface area contributed by atoms with Gasteiger partial charge in [-0.3, -0.25) is 14.7 Å². The molecule has 0 aliphatic carbocycles. The SMILES string of the molecule is Cc1ncccc1C(=O)C1CC2COCC(C1)N2C(=O)OCc1ccccc1. The summed E-state index contributed by atoms with van der Waals surface area (Å²) in [5.41, 5.74) is 2.37. The van der Waals surface area contributed by atoms with Gasteiger partial charge in [-0.15, -0.1) is 0 Å². The van der Waals surface area contributed by atoms with E-state index < -0.39 is 0 Å². The van der Waals surface area contributed by atoms with E-state index in [1.165, 1.54) is 0 Å². The molecule has 2 fully saturated rings. The number of aromatic nitrogens is 1. The lowest BCUT2D eigenvalue weighted by atomic mass is 9.80. The molecule has 146 valence electrons. The van der Waals surface area contributed by atoms with Crippen LogP contribution in [0.2, 0.25) is 0 Å². The topological polar surface area (TPSA) is 68.7 Å². The lowest BCUT2D eigenvalue weighted by Gasteiger charge is -2.47. The number of carbonyl (C=O) groups is 2. The van der Waals surface area contributed by atoms with Gasteiger partial charge in [-0.05, 0) is 37.5 Å². The summed E-state index contributed by atoms with van der Waals surface area (Å²) in [6.45, 7) is 2.97. The van der Waals surface area contributed by atoms with Crippen molar-refractivity contribution in [3.05, 3.63) is 65.5 Å². The fourth-order valence-electron chi connectivity index (χ4n) is 4.19. The predicted octanol–water partition coefficient (Wildman–Crippen LogP) is 3.39. The predicted molar refractivity (Wildman–Crippen MR) is 103 cm³/mol. The maximum atomic E-state index is 13.0. The quantitative estimate of drug-likeness (QED) is 0.761. The number of pyridine rings is 1. The highest BCUT2D eigenvalue weighted by atomic mass is 16.6. The molecular weight excluding hydrogens is 356 g/mol. The Labute approximate surface area is 164 Å². The fraction of sp³-hybridized carbons (Fsp3) is 0.409. The van der Waals surface area contributed by atoms with Crippen molar-refractivity contribution in [1.82, 2.24) is 9.88 Å². The van der Waals surface area contributed by atoms with Gasteiger partial charge < -0.3 is 9.47 Å². The molecule has 2 aliphatic heterocycles. The van der Waals surface area contributed by atoms with Crippen LogP contribution < -0.4 is 0 Å². The first-order valence-electron chi connectivity index (χ1n) is 9.66. The first kappa shape index (κ1) is 18.6. The number of aryl methyl sites for hydroxylation is 1. The highest BCUT2D eigenvalue weighted by molar-refractivity contribution is 5.99. The zero-order chi connectivity index (χ0) is 19.5. The second kappa shape index (κ2) is 8.10. The van der Waals surface area contributed by atoms with Crippen LogP contribution in [-0.4, -0.2) is 47.1 Å². The monoisotopic (exact) mass is 380 g/mol. The first-order chi connectivity index (χ1) is 13.6. The van der Waals surface area contributed by atoms with Gasteiger partial charge in [0.05, 0.1) is 25.3 Å². The third-order valence-electron chi connectivity index (χ3n) is 5.58. The van der Waals surface area contributed by atoms with Crippen molar-refractivity contribution in [2.45, 2.75) is 38.5 Å². The largest absolute Gasteiger partial charge is 0.445 e. The minimum Gasteiger partial charge on any atom is -0.445 e. The van der Waals surface area contributed by atoms with Crippen molar-refractivity contribution < 1.29 is 19.1 Å². The van der Waals surface area contributed by atoms with Gasteiger partial charge in [0.15, 0.2) is 5.78 Å². The molecule has 2 aromatic rings. The second-order valence-corrected chi connectivity index (χ2v) is 7.46. The van der Waals surface area contributed by atoms with Gasteiger partial charge in [0.2, 0.25) is 0 Å². The maximum absolute atomic E-state index is 13.0. The van der Waals surface area contributed by atoms with E-state index in [0.29, 0.717) is 31.6 Å². The van der Waals surface area contributed by atoms with Crippen LogP contribution in [0.4, 0.5) is 4.79 Å². The van der Waals surface area contributed by atoms with Crippen LogP contribution in [0.5, 0.6) is 0 Å². The molecule has 4 rings (SSSR count). The van der Waals surface area contributed by atoms with Crippen LogP contribution in [0.3, 0.4) is 0 Å². The maximum Gasteiger partial charge on any atom is 0.410 e. The van der Waals surface area contributed by atoms with Gasteiger partial charge in [-0.1, -0.05) is 30.3 Å². The van der Waals surface area contributed by atoms with Crippen LogP contribution in [0.25, 0.3) is 0 Å². The lowest BCUT2D eigenvalue weighted by Crippen LogP contribution is -2.60. The molecular formula is C22H24N2O4. The summed E-state index contributed by atoms with van der Waals surface area (Å²) < 4.78 is 11.2. The summed E-state index contributed by atoms with van der Waals surface area (Å²) in [6, 6.07) is 13.0. The average Bonchev–Trinajstić information content (AvgIpc) is 2.71. The zero-order valence-corrected chi connectivity index (χ0v) is 15.9. The molecule has 1 amide bonds. The molecule has 6 nitrogen and oxygen atoms in total. The highest BCUT2D eigenvalue weighted by Crippen LogP contribution is 2.34. The highest BCUT2D eigenvalue weighted by Gasteiger charge is 2.44. The van der Waals surface area contributed by atoms with Gasteiger partial charge in [0, 0.05) is 23.4 Å². The molecule has 2 bridgehead atoms. The Kier molecular flexibility index (Phi) is 5.39. The Balaban J connectivity index is 1.44. The van der Waals surface area contributed by atoms with Gasteiger partial charge in [0.25, 0.3) is 0 Å². The number of carbonyl (C=O) groups excluding carboxylic acids is 2. The number of nitrogens with zero attached hydrogens (tertiary/aromatic N) is 2. The molecule has 2 atom stereocenters. The van der Waals surface area contributed by atoms with E-state index in [0.717, 1.165) is 11.3 Å². The van der Waals surface area contributed by atoms with E-state index in [1.54, 1.807) is 17.2 Å². The summed E-state index contributed by atoms with van der Waals surface area (Å²) in [5, 5.41) is 0. The molecule has 1 aromatic heterocycles. The van der Waals surface area contributed by atoms with Crippen molar-refractivity contribution in [3.8, 4) is 0 Å². The van der Waals surface area contributed by atoms with E-state index in [2.05, 4.69) is 4.98 Å². The number of piperidine rings is 1. The number of hydrogen-bond acceptors (Lipinski definition) is 5. The number of ketones is 1. The average molecular weight is 380 g/mol. The Morgan fingerprint density at radius 2 is 1.82 bits per heavy atom. The van der Waals surface area contributed by atoms with Gasteiger partial charge in [-0.2, -0.15) is 0 Å². The number of ether oxygens (including phenoxy) is 2. The van der Waals surface area contributed by atoms with Gasteiger partial charge in [-0.25, -0.2) is 4.79 Å². The number of benzene rings is 1. The number of Topliss-reactive ketones (excluding diaryl/α,β-unsaturated/α-hetero) is 1. The van der Waals surface area contributed by atoms with Crippen molar-refractivity contribution >= 4 is 11.9 Å². The summed E-state index contributed by atoms with van der Waals surface area (Å²) in [6.07, 6.45) is 2.54. The number of hydrogen-bond donors (Lipinski definition) is 0. The Hall–Kier alpha value is -2.73. The molecule has 28 heavy (non-hydrogen) atoms. The smallest absolute Gasteiger partial charge is 0.410 e. The van der Waals surface area contributed by atoms with Crippen LogP contribution in [-0.2, 0) is 16.1 Å². The Bertz CT molecular complexity index is 841. The molecule has 0 radical (unpaired) electrons. The van der Waals surface area contributed by atoms with Crippen molar-refractivity contribution in [1.29, 1.82) is 0 Å². The Morgan fingerprint density at radius 1 is 1.11 bits per heavy atom. The van der Waals surface area contributed by atoms with E-state index in [4.69, 9.17) is 9.47 Å². The van der Waals surface area contributed by atoms with Gasteiger partial charge in [0.1, 0.15) is 6.61 Å². The molecule has 1 aromatic carbocycles. The molecule has 0 spiro atoms. The number of rotatable bonds is 4. The standard InChI is InChI=1S/C22H24N2O4/c1-15-20(8-5-9-23-15)21(25)17-10-18-13-27-14-19(11-17)24(18)22(26)28-12-16-6-3-2-4-7-16/h2-9,17-19H,10-14H2,1H3. The molecule has 3 heterocycles. The summed E-state index contributed by atoms with van der Waals surface area (Å²) in [4.78, 5) is 31.8. The van der Waals surface area contributed by atoms with Crippen molar-refractivity contribution in [3.63, 3.8) is 0 Å². The van der Waals surface area contributed by atoms with Gasteiger partial charge >= 0.3 is 6.09 Å². The number of amides is 1. The number of fused-ring (bicyclic) bond motifs is 2. The normalized spacial score (nSPS) is 23.9. The summed E-state index contributed by atoms with van der Waals surface area (Å²) in [5.74, 6) is -0.0141. The summed E-state index contributed by atoms with van der Waals surface area (Å²) in [7, 11) is 0. The van der Waals surface area contributed by atoms with E-state index in [1.807, 2.05) is 43.3 Å².